The fraction of sp³-hybridized carbons (Fsp3) is 0.533. The molecule has 1 amide bonds. The molecule has 1 fully saturated rings. The lowest BCUT2D eigenvalue weighted by Gasteiger charge is -2.19. The predicted octanol–water partition coefficient (Wildman–Crippen LogP) is 2.83. The van der Waals surface area contributed by atoms with Crippen LogP contribution in [0.25, 0.3) is 0 Å². The highest BCUT2D eigenvalue weighted by atomic mass is 79.9. The van der Waals surface area contributed by atoms with E-state index in [-0.39, 0.29) is 36.6 Å². The van der Waals surface area contributed by atoms with Gasteiger partial charge >= 0.3 is 0 Å². The van der Waals surface area contributed by atoms with E-state index >= 15 is 0 Å². The summed E-state index contributed by atoms with van der Waals surface area (Å²) in [6.45, 7) is 5.06. The molecule has 1 saturated heterocycles. The second-order valence-corrected chi connectivity index (χ2v) is 6.37. The predicted molar refractivity (Wildman–Crippen MR) is 100 cm³/mol. The molecule has 2 unspecified atom stereocenters. The van der Waals surface area contributed by atoms with Crippen LogP contribution in [0.5, 0.6) is 0 Å². The largest absolute Gasteiger partial charge is 0.371 e. The van der Waals surface area contributed by atoms with Crippen LogP contribution in [0.2, 0.25) is 0 Å². The van der Waals surface area contributed by atoms with E-state index in [9.17, 15) is 4.79 Å². The molecule has 1 aliphatic rings. The summed E-state index contributed by atoms with van der Waals surface area (Å²) in [5.74, 6) is 0.487. The van der Waals surface area contributed by atoms with E-state index in [4.69, 9.17) is 5.73 Å². The molecule has 126 valence electrons. The highest BCUT2D eigenvalue weighted by molar-refractivity contribution is 9.10. The van der Waals surface area contributed by atoms with Gasteiger partial charge in [-0.15, -0.1) is 24.8 Å². The molecule has 1 aromatic carbocycles. The van der Waals surface area contributed by atoms with Crippen LogP contribution >= 0.6 is 40.7 Å². The van der Waals surface area contributed by atoms with Gasteiger partial charge in [-0.25, -0.2) is 0 Å². The average molecular weight is 413 g/mol. The Morgan fingerprint density at radius 1 is 1.41 bits per heavy atom. The Kier molecular flexibility index (Phi) is 10.1. The first-order valence-corrected chi connectivity index (χ1v) is 7.87. The zero-order valence-electron chi connectivity index (χ0n) is 12.6. The van der Waals surface area contributed by atoms with Gasteiger partial charge in [0.2, 0.25) is 5.91 Å². The summed E-state index contributed by atoms with van der Waals surface area (Å²) in [5.41, 5.74) is 6.74. The highest BCUT2D eigenvalue weighted by Gasteiger charge is 2.23. The number of amides is 1. The molecule has 2 atom stereocenters. The molecule has 1 aliphatic heterocycles. The second kappa shape index (κ2) is 10.3. The van der Waals surface area contributed by atoms with Crippen molar-refractivity contribution in [1.82, 2.24) is 5.32 Å². The summed E-state index contributed by atoms with van der Waals surface area (Å²) in [6, 6.07) is 8.38. The maximum atomic E-state index is 11.7. The Hall–Kier alpha value is -0.490. The number of hydrogen-bond acceptors (Lipinski definition) is 3. The van der Waals surface area contributed by atoms with Crippen LogP contribution < -0.4 is 16.0 Å². The molecule has 3 N–H and O–H groups in total. The van der Waals surface area contributed by atoms with Gasteiger partial charge in [-0.3, -0.25) is 4.79 Å². The second-order valence-electron chi connectivity index (χ2n) is 5.46. The Morgan fingerprint density at radius 3 is 2.64 bits per heavy atom. The van der Waals surface area contributed by atoms with E-state index in [0.717, 1.165) is 30.5 Å². The number of carbonyl (C=O) groups excluding carboxylic acids is 1. The summed E-state index contributed by atoms with van der Waals surface area (Å²) in [5, 5.41) is 3.00. The minimum absolute atomic E-state index is 0. The molecule has 7 heteroatoms. The van der Waals surface area contributed by atoms with Crippen LogP contribution in [0, 0.1) is 11.8 Å². The fourth-order valence-electron chi connectivity index (χ4n) is 2.41. The molecule has 1 aromatic rings. The van der Waals surface area contributed by atoms with Gasteiger partial charge in [-0.2, -0.15) is 0 Å². The highest BCUT2D eigenvalue weighted by Crippen LogP contribution is 2.24. The molecule has 0 bridgehead atoms. The van der Waals surface area contributed by atoms with Crippen LogP contribution in [0.4, 0.5) is 5.69 Å². The van der Waals surface area contributed by atoms with Crippen molar-refractivity contribution >= 4 is 52.3 Å². The topological polar surface area (TPSA) is 58.4 Å². The average Bonchev–Trinajstić information content (AvgIpc) is 2.93. The van der Waals surface area contributed by atoms with Crippen molar-refractivity contribution in [2.75, 3.05) is 31.1 Å². The third kappa shape index (κ3) is 5.95. The van der Waals surface area contributed by atoms with Crippen molar-refractivity contribution in [3.05, 3.63) is 28.7 Å². The van der Waals surface area contributed by atoms with E-state index < -0.39 is 0 Å². The zero-order valence-corrected chi connectivity index (χ0v) is 15.8. The first-order valence-electron chi connectivity index (χ1n) is 7.08. The van der Waals surface area contributed by atoms with E-state index in [1.54, 1.807) is 0 Å². The van der Waals surface area contributed by atoms with Crippen molar-refractivity contribution in [3.63, 3.8) is 0 Å². The summed E-state index contributed by atoms with van der Waals surface area (Å²) in [7, 11) is 0. The van der Waals surface area contributed by atoms with Gasteiger partial charge in [0.1, 0.15) is 0 Å². The molecule has 0 saturated carbocycles. The van der Waals surface area contributed by atoms with Crippen molar-refractivity contribution in [2.45, 2.75) is 13.3 Å². The number of nitrogens with two attached hydrogens (primary N) is 1. The van der Waals surface area contributed by atoms with Gasteiger partial charge in [0.05, 0.1) is 0 Å². The van der Waals surface area contributed by atoms with Gasteiger partial charge in [0.25, 0.3) is 0 Å². The summed E-state index contributed by atoms with van der Waals surface area (Å²) >= 11 is 3.45. The smallest absolute Gasteiger partial charge is 0.224 e. The molecule has 22 heavy (non-hydrogen) atoms. The number of rotatable bonds is 5. The normalized spacial score (nSPS) is 18.1. The monoisotopic (exact) mass is 411 g/mol. The number of carbonyl (C=O) groups is 1. The Balaban J connectivity index is 0.00000220. The van der Waals surface area contributed by atoms with Gasteiger partial charge in [0, 0.05) is 42.3 Å². The molecule has 0 aliphatic carbocycles. The van der Waals surface area contributed by atoms with Gasteiger partial charge < -0.3 is 16.0 Å². The molecule has 0 radical (unpaired) electrons. The minimum atomic E-state index is -0.0982. The Labute approximate surface area is 153 Å². The van der Waals surface area contributed by atoms with Crippen LogP contribution in [-0.4, -0.2) is 32.1 Å². The molecular weight excluding hydrogens is 389 g/mol. The van der Waals surface area contributed by atoms with E-state index in [1.807, 2.05) is 6.92 Å². The third-order valence-corrected chi connectivity index (χ3v) is 4.37. The third-order valence-electron chi connectivity index (χ3n) is 3.84. The van der Waals surface area contributed by atoms with Crippen LogP contribution in [0.15, 0.2) is 28.7 Å². The molecule has 4 nitrogen and oxygen atoms in total. The Morgan fingerprint density at radius 2 is 2.05 bits per heavy atom. The van der Waals surface area contributed by atoms with E-state index in [0.29, 0.717) is 12.5 Å². The number of nitrogens with one attached hydrogen (secondary N) is 1. The standard InChI is InChI=1S/C15H22BrN3O.2ClH/c1-11(8-17)15(20)18-9-12-6-7-19(10-12)14-4-2-13(16)3-5-14;;/h2-5,11-12H,6-10,17H2,1H3,(H,18,20);2*1H. The van der Waals surface area contributed by atoms with Crippen LogP contribution in [-0.2, 0) is 4.79 Å². The molecule has 0 aromatic heterocycles. The quantitative estimate of drug-likeness (QED) is 0.781. The fourth-order valence-corrected chi connectivity index (χ4v) is 2.68. The number of benzene rings is 1. The maximum absolute atomic E-state index is 11.7. The summed E-state index contributed by atoms with van der Waals surface area (Å²) in [4.78, 5) is 14.1. The number of nitrogens with zero attached hydrogens (tertiary/aromatic N) is 1. The van der Waals surface area contributed by atoms with Gasteiger partial charge in [0.15, 0.2) is 0 Å². The lowest BCUT2D eigenvalue weighted by Crippen LogP contribution is -2.36. The van der Waals surface area contributed by atoms with Crippen molar-refractivity contribution in [3.8, 4) is 0 Å². The number of anilines is 1. The van der Waals surface area contributed by atoms with E-state index in [2.05, 4.69) is 50.4 Å². The van der Waals surface area contributed by atoms with Crippen LogP contribution in [0.1, 0.15) is 13.3 Å². The lowest BCUT2D eigenvalue weighted by molar-refractivity contribution is -0.124. The van der Waals surface area contributed by atoms with Crippen molar-refractivity contribution < 1.29 is 4.79 Å². The van der Waals surface area contributed by atoms with Crippen LogP contribution in [0.3, 0.4) is 0 Å². The molecule has 0 spiro atoms. The zero-order chi connectivity index (χ0) is 14.5. The van der Waals surface area contributed by atoms with Crippen molar-refractivity contribution in [1.29, 1.82) is 0 Å². The lowest BCUT2D eigenvalue weighted by atomic mass is 10.1. The summed E-state index contributed by atoms with van der Waals surface area (Å²) in [6.07, 6.45) is 1.12. The summed E-state index contributed by atoms with van der Waals surface area (Å²) < 4.78 is 1.10. The minimum Gasteiger partial charge on any atom is -0.371 e. The molecule has 1 heterocycles. The van der Waals surface area contributed by atoms with Crippen molar-refractivity contribution in [2.24, 2.45) is 17.6 Å². The number of hydrogen-bond donors (Lipinski definition) is 2. The molecular formula is C15H24BrCl2N3O. The van der Waals surface area contributed by atoms with Gasteiger partial charge in [-0.1, -0.05) is 22.9 Å². The maximum Gasteiger partial charge on any atom is 0.224 e. The number of halogens is 3. The Bertz CT molecular complexity index is 459. The first-order chi connectivity index (χ1) is 9.60. The van der Waals surface area contributed by atoms with E-state index in [1.165, 1.54) is 5.69 Å². The van der Waals surface area contributed by atoms with Gasteiger partial charge in [-0.05, 0) is 36.6 Å². The first kappa shape index (κ1) is 21.5. The SMILES string of the molecule is CC(CN)C(=O)NCC1CCN(c2ccc(Br)cc2)C1.Cl.Cl. The molecule has 2 rings (SSSR count).